The predicted molar refractivity (Wildman–Crippen MR) is 52.4 cm³/mol. The lowest BCUT2D eigenvalue weighted by Crippen LogP contribution is -2.11. The Bertz CT molecular complexity index is 309. The molecule has 0 spiro atoms. The van der Waals surface area contributed by atoms with Gasteiger partial charge in [0, 0.05) is 12.6 Å². The van der Waals surface area contributed by atoms with E-state index in [9.17, 15) is 0 Å². The van der Waals surface area contributed by atoms with Gasteiger partial charge in [0.25, 0.3) is 0 Å². The molecule has 2 rings (SSSR count). The molecule has 1 aromatic carbocycles. The lowest BCUT2D eigenvalue weighted by Gasteiger charge is -2.11. The molecule has 0 amide bonds. The molecule has 0 fully saturated rings. The molecule has 1 heterocycles. The molecule has 2 heteroatoms. The summed E-state index contributed by atoms with van der Waals surface area (Å²) in [7, 11) is 0. The van der Waals surface area contributed by atoms with Crippen molar-refractivity contribution in [2.24, 2.45) is 5.73 Å². The Labute approximate surface area is 78.7 Å². The van der Waals surface area contributed by atoms with Gasteiger partial charge in [0.2, 0.25) is 0 Å². The highest BCUT2D eigenvalue weighted by Gasteiger charge is 2.14. The van der Waals surface area contributed by atoms with Crippen molar-refractivity contribution in [1.29, 1.82) is 0 Å². The van der Waals surface area contributed by atoms with Crippen LogP contribution in [0.2, 0.25) is 0 Å². The standard InChI is InChI=1S/C11H15NO/c1-8-2-3-10-9(6-8)7-13-5-4-11(10)12/h2-3,6,11H,4-5,7,12H2,1H3. The number of ether oxygens (including phenoxy) is 1. The molecular formula is C11H15NO. The van der Waals surface area contributed by atoms with Crippen LogP contribution >= 0.6 is 0 Å². The van der Waals surface area contributed by atoms with Gasteiger partial charge in [0.15, 0.2) is 0 Å². The van der Waals surface area contributed by atoms with Gasteiger partial charge in [0.1, 0.15) is 0 Å². The van der Waals surface area contributed by atoms with Crippen molar-refractivity contribution in [1.82, 2.24) is 0 Å². The van der Waals surface area contributed by atoms with Gasteiger partial charge >= 0.3 is 0 Å². The summed E-state index contributed by atoms with van der Waals surface area (Å²) in [6.45, 7) is 3.58. The molecule has 1 aliphatic heterocycles. The maximum absolute atomic E-state index is 6.02. The minimum absolute atomic E-state index is 0.151. The Morgan fingerprint density at radius 3 is 3.15 bits per heavy atom. The number of hydrogen-bond acceptors (Lipinski definition) is 2. The molecule has 1 aromatic rings. The second-order valence-corrected chi connectivity index (χ2v) is 3.65. The van der Waals surface area contributed by atoms with E-state index in [1.807, 2.05) is 0 Å². The Morgan fingerprint density at radius 1 is 1.46 bits per heavy atom. The van der Waals surface area contributed by atoms with Gasteiger partial charge in [-0.15, -0.1) is 0 Å². The Morgan fingerprint density at radius 2 is 2.31 bits per heavy atom. The van der Waals surface area contributed by atoms with Crippen LogP contribution in [0.3, 0.4) is 0 Å². The topological polar surface area (TPSA) is 35.2 Å². The molecule has 0 radical (unpaired) electrons. The fourth-order valence-corrected chi connectivity index (χ4v) is 1.77. The summed E-state index contributed by atoms with van der Waals surface area (Å²) < 4.78 is 5.47. The first-order valence-corrected chi connectivity index (χ1v) is 4.70. The number of nitrogens with two attached hydrogens (primary N) is 1. The van der Waals surface area contributed by atoms with Crippen LogP contribution in [0.4, 0.5) is 0 Å². The third kappa shape index (κ3) is 1.74. The van der Waals surface area contributed by atoms with Gasteiger partial charge in [-0.1, -0.05) is 23.8 Å². The largest absolute Gasteiger partial charge is 0.377 e. The zero-order valence-corrected chi connectivity index (χ0v) is 7.92. The van der Waals surface area contributed by atoms with Gasteiger partial charge in [-0.3, -0.25) is 0 Å². The highest BCUT2D eigenvalue weighted by atomic mass is 16.5. The van der Waals surface area contributed by atoms with Crippen molar-refractivity contribution in [3.05, 3.63) is 34.9 Å². The average Bonchev–Trinajstić information content (AvgIpc) is 2.28. The molecule has 1 unspecified atom stereocenters. The second kappa shape index (κ2) is 3.48. The van der Waals surface area contributed by atoms with E-state index in [1.54, 1.807) is 0 Å². The van der Waals surface area contributed by atoms with Crippen LogP contribution in [0.1, 0.15) is 29.2 Å². The van der Waals surface area contributed by atoms with Crippen molar-refractivity contribution in [2.75, 3.05) is 6.61 Å². The average molecular weight is 177 g/mol. The summed E-state index contributed by atoms with van der Waals surface area (Å²) in [6, 6.07) is 6.56. The molecule has 70 valence electrons. The van der Waals surface area contributed by atoms with Crippen LogP contribution in [-0.2, 0) is 11.3 Å². The van der Waals surface area contributed by atoms with Crippen molar-refractivity contribution < 1.29 is 4.74 Å². The third-order valence-electron chi connectivity index (χ3n) is 2.53. The zero-order chi connectivity index (χ0) is 9.26. The normalized spacial score (nSPS) is 22.2. The quantitative estimate of drug-likeness (QED) is 0.657. The number of benzene rings is 1. The predicted octanol–water partition coefficient (Wildman–Crippen LogP) is 1.92. The maximum atomic E-state index is 6.02. The second-order valence-electron chi connectivity index (χ2n) is 3.65. The van der Waals surface area contributed by atoms with Crippen LogP contribution in [0, 0.1) is 6.92 Å². The smallest absolute Gasteiger partial charge is 0.0720 e. The van der Waals surface area contributed by atoms with Crippen molar-refractivity contribution in [3.63, 3.8) is 0 Å². The summed E-state index contributed by atoms with van der Waals surface area (Å²) in [6.07, 6.45) is 0.927. The van der Waals surface area contributed by atoms with E-state index >= 15 is 0 Å². The molecule has 1 atom stereocenters. The van der Waals surface area contributed by atoms with Gasteiger partial charge in [-0.2, -0.15) is 0 Å². The van der Waals surface area contributed by atoms with Crippen LogP contribution in [0.15, 0.2) is 18.2 Å². The third-order valence-corrected chi connectivity index (χ3v) is 2.53. The fraction of sp³-hybridized carbons (Fsp3) is 0.455. The Kier molecular flexibility index (Phi) is 2.34. The molecule has 0 aliphatic carbocycles. The van der Waals surface area contributed by atoms with Gasteiger partial charge in [-0.25, -0.2) is 0 Å². The van der Waals surface area contributed by atoms with Crippen LogP contribution in [-0.4, -0.2) is 6.61 Å². The van der Waals surface area contributed by atoms with Crippen LogP contribution in [0.5, 0.6) is 0 Å². The lowest BCUT2D eigenvalue weighted by atomic mass is 9.98. The highest BCUT2D eigenvalue weighted by Crippen LogP contribution is 2.24. The molecule has 0 saturated carbocycles. The van der Waals surface area contributed by atoms with Gasteiger partial charge in [0.05, 0.1) is 6.61 Å². The maximum Gasteiger partial charge on any atom is 0.0720 e. The summed E-state index contributed by atoms with van der Waals surface area (Å²) in [5.41, 5.74) is 9.80. The molecule has 0 bridgehead atoms. The number of hydrogen-bond donors (Lipinski definition) is 1. The van der Waals surface area contributed by atoms with E-state index in [2.05, 4.69) is 25.1 Å². The first-order chi connectivity index (χ1) is 6.27. The van der Waals surface area contributed by atoms with Gasteiger partial charge < -0.3 is 10.5 Å². The fourth-order valence-electron chi connectivity index (χ4n) is 1.77. The van der Waals surface area contributed by atoms with E-state index in [0.717, 1.165) is 13.0 Å². The zero-order valence-electron chi connectivity index (χ0n) is 7.92. The first kappa shape index (κ1) is 8.73. The van der Waals surface area contributed by atoms with Crippen LogP contribution < -0.4 is 5.73 Å². The molecule has 2 N–H and O–H groups in total. The SMILES string of the molecule is Cc1ccc2c(c1)COCCC2N. The van der Waals surface area contributed by atoms with E-state index in [4.69, 9.17) is 10.5 Å². The lowest BCUT2D eigenvalue weighted by molar-refractivity contribution is 0.122. The molecule has 0 aromatic heterocycles. The molecule has 1 aliphatic rings. The minimum atomic E-state index is 0.151. The number of rotatable bonds is 0. The summed E-state index contributed by atoms with van der Waals surface area (Å²) in [5.74, 6) is 0. The van der Waals surface area contributed by atoms with E-state index in [-0.39, 0.29) is 6.04 Å². The van der Waals surface area contributed by atoms with Gasteiger partial charge in [-0.05, 0) is 24.5 Å². The van der Waals surface area contributed by atoms with Crippen LogP contribution in [0.25, 0.3) is 0 Å². The van der Waals surface area contributed by atoms with Crippen molar-refractivity contribution in [3.8, 4) is 0 Å². The minimum Gasteiger partial charge on any atom is -0.377 e. The summed E-state index contributed by atoms with van der Waals surface area (Å²) in [4.78, 5) is 0. The highest BCUT2D eigenvalue weighted by molar-refractivity contribution is 5.33. The number of aryl methyl sites for hydroxylation is 1. The Balaban J connectivity index is 2.42. The summed E-state index contributed by atoms with van der Waals surface area (Å²) in [5, 5.41) is 0. The van der Waals surface area contributed by atoms with Crippen molar-refractivity contribution >= 4 is 0 Å². The monoisotopic (exact) mass is 177 g/mol. The number of fused-ring (bicyclic) bond motifs is 1. The summed E-state index contributed by atoms with van der Waals surface area (Å²) >= 11 is 0. The van der Waals surface area contributed by atoms with E-state index in [0.29, 0.717) is 6.61 Å². The molecule has 13 heavy (non-hydrogen) atoms. The molecule has 2 nitrogen and oxygen atoms in total. The first-order valence-electron chi connectivity index (χ1n) is 4.70. The van der Waals surface area contributed by atoms with E-state index < -0.39 is 0 Å². The van der Waals surface area contributed by atoms with E-state index in [1.165, 1.54) is 16.7 Å². The Hall–Kier alpha value is -0.860. The molecular weight excluding hydrogens is 162 g/mol. The van der Waals surface area contributed by atoms with Crippen molar-refractivity contribution in [2.45, 2.75) is 26.0 Å². The molecule has 0 saturated heterocycles.